The zero-order valence-corrected chi connectivity index (χ0v) is 10.3. The van der Waals surface area contributed by atoms with Gasteiger partial charge in [0.05, 0.1) is 0 Å². The first-order valence-electron chi connectivity index (χ1n) is 6.23. The van der Waals surface area contributed by atoms with Crippen molar-refractivity contribution in [3.05, 3.63) is 59.7 Å². The molecule has 3 rings (SSSR count). The van der Waals surface area contributed by atoms with Gasteiger partial charge in [0, 0.05) is 12.1 Å². The smallest absolute Gasteiger partial charge is 0.251 e. The van der Waals surface area contributed by atoms with Gasteiger partial charge in [0.25, 0.3) is 5.91 Å². The van der Waals surface area contributed by atoms with E-state index in [-0.39, 0.29) is 5.91 Å². The SMILES string of the molecule is CC1CNC(=O)c2cc(-c3ccccc3)ccc21. The Hall–Kier alpha value is -2.09. The Labute approximate surface area is 107 Å². The standard InChI is InChI=1S/C16H15NO/c1-11-10-17-16(18)15-9-13(7-8-14(11)15)12-5-3-2-4-6-12/h2-9,11H,10H2,1H3,(H,17,18). The van der Waals surface area contributed by atoms with Gasteiger partial charge >= 0.3 is 0 Å². The molecule has 0 fully saturated rings. The van der Waals surface area contributed by atoms with Crippen molar-refractivity contribution < 1.29 is 4.79 Å². The van der Waals surface area contributed by atoms with Crippen LogP contribution in [0.25, 0.3) is 11.1 Å². The van der Waals surface area contributed by atoms with E-state index in [1.165, 1.54) is 0 Å². The second-order valence-corrected chi connectivity index (χ2v) is 4.78. The van der Waals surface area contributed by atoms with Crippen LogP contribution in [0.1, 0.15) is 28.8 Å². The lowest BCUT2D eigenvalue weighted by Crippen LogP contribution is -2.33. The van der Waals surface area contributed by atoms with Crippen molar-refractivity contribution in [3.8, 4) is 11.1 Å². The second kappa shape index (κ2) is 4.30. The fourth-order valence-corrected chi connectivity index (χ4v) is 2.44. The number of rotatable bonds is 1. The molecule has 1 heterocycles. The predicted octanol–water partition coefficient (Wildman–Crippen LogP) is 3.20. The number of benzene rings is 2. The third-order valence-electron chi connectivity index (χ3n) is 3.50. The van der Waals surface area contributed by atoms with Gasteiger partial charge in [-0.25, -0.2) is 0 Å². The van der Waals surface area contributed by atoms with Crippen LogP contribution in [0.15, 0.2) is 48.5 Å². The Morgan fingerprint density at radius 1 is 1.06 bits per heavy atom. The lowest BCUT2D eigenvalue weighted by molar-refractivity contribution is 0.0941. The molecule has 0 spiro atoms. The molecule has 2 heteroatoms. The Balaban J connectivity index is 2.11. The highest BCUT2D eigenvalue weighted by molar-refractivity contribution is 5.98. The molecule has 18 heavy (non-hydrogen) atoms. The van der Waals surface area contributed by atoms with Gasteiger partial charge in [-0.05, 0) is 28.7 Å². The molecular formula is C16H15NO. The summed E-state index contributed by atoms with van der Waals surface area (Å²) in [6.07, 6.45) is 0. The monoisotopic (exact) mass is 237 g/mol. The number of fused-ring (bicyclic) bond motifs is 1. The van der Waals surface area contributed by atoms with Gasteiger partial charge in [-0.3, -0.25) is 4.79 Å². The van der Waals surface area contributed by atoms with Crippen LogP contribution in [0.2, 0.25) is 0 Å². The molecule has 0 bridgehead atoms. The second-order valence-electron chi connectivity index (χ2n) is 4.78. The molecule has 0 saturated carbocycles. The number of nitrogens with one attached hydrogen (secondary N) is 1. The first-order chi connectivity index (χ1) is 8.75. The maximum atomic E-state index is 11.9. The summed E-state index contributed by atoms with van der Waals surface area (Å²) >= 11 is 0. The average Bonchev–Trinajstić information content (AvgIpc) is 2.44. The van der Waals surface area contributed by atoms with E-state index < -0.39 is 0 Å². The highest BCUT2D eigenvalue weighted by Gasteiger charge is 2.22. The largest absolute Gasteiger partial charge is 0.351 e. The molecule has 1 N–H and O–H groups in total. The minimum Gasteiger partial charge on any atom is -0.351 e. The zero-order chi connectivity index (χ0) is 12.5. The van der Waals surface area contributed by atoms with Gasteiger partial charge in [-0.2, -0.15) is 0 Å². The molecule has 2 nitrogen and oxygen atoms in total. The lowest BCUT2D eigenvalue weighted by atomic mass is 9.89. The number of hydrogen-bond acceptors (Lipinski definition) is 1. The van der Waals surface area contributed by atoms with E-state index in [2.05, 4.69) is 36.5 Å². The van der Waals surface area contributed by atoms with Gasteiger partial charge in [0.2, 0.25) is 0 Å². The predicted molar refractivity (Wildman–Crippen MR) is 72.6 cm³/mol. The number of carbonyl (C=O) groups is 1. The van der Waals surface area contributed by atoms with Gasteiger partial charge in [0.1, 0.15) is 0 Å². The van der Waals surface area contributed by atoms with Crippen molar-refractivity contribution in [3.63, 3.8) is 0 Å². The summed E-state index contributed by atoms with van der Waals surface area (Å²) in [5.41, 5.74) is 4.21. The van der Waals surface area contributed by atoms with Gasteiger partial charge in [-0.15, -0.1) is 0 Å². The molecule has 0 saturated heterocycles. The Morgan fingerprint density at radius 3 is 2.61 bits per heavy atom. The number of amides is 1. The van der Waals surface area contributed by atoms with E-state index in [4.69, 9.17) is 0 Å². The summed E-state index contributed by atoms with van der Waals surface area (Å²) in [5.74, 6) is 0.434. The van der Waals surface area contributed by atoms with Crippen molar-refractivity contribution in [2.24, 2.45) is 0 Å². The van der Waals surface area contributed by atoms with E-state index >= 15 is 0 Å². The third kappa shape index (κ3) is 1.80. The Morgan fingerprint density at radius 2 is 1.83 bits per heavy atom. The van der Waals surface area contributed by atoms with Crippen molar-refractivity contribution in [2.75, 3.05) is 6.54 Å². The van der Waals surface area contributed by atoms with E-state index in [1.807, 2.05) is 24.3 Å². The number of hydrogen-bond donors (Lipinski definition) is 1. The summed E-state index contributed by atoms with van der Waals surface area (Å²) in [5, 5.41) is 2.93. The van der Waals surface area contributed by atoms with Gasteiger partial charge in [-0.1, -0.05) is 49.4 Å². The fourth-order valence-electron chi connectivity index (χ4n) is 2.44. The molecule has 0 aromatic heterocycles. The summed E-state index contributed by atoms with van der Waals surface area (Å²) in [4.78, 5) is 11.9. The van der Waals surface area contributed by atoms with Crippen molar-refractivity contribution in [1.82, 2.24) is 5.32 Å². The Kier molecular flexibility index (Phi) is 2.63. The van der Waals surface area contributed by atoms with Crippen LogP contribution in [0.4, 0.5) is 0 Å². The van der Waals surface area contributed by atoms with E-state index in [0.29, 0.717) is 5.92 Å². The van der Waals surface area contributed by atoms with Crippen LogP contribution in [-0.4, -0.2) is 12.5 Å². The van der Waals surface area contributed by atoms with E-state index in [9.17, 15) is 4.79 Å². The fraction of sp³-hybridized carbons (Fsp3) is 0.188. The number of carbonyl (C=O) groups excluding carboxylic acids is 1. The first kappa shape index (κ1) is 11.0. The van der Waals surface area contributed by atoms with Crippen LogP contribution in [0.3, 0.4) is 0 Å². The van der Waals surface area contributed by atoms with Crippen molar-refractivity contribution in [1.29, 1.82) is 0 Å². The Bertz CT molecular complexity index is 589. The van der Waals surface area contributed by atoms with Crippen molar-refractivity contribution >= 4 is 5.91 Å². The van der Waals surface area contributed by atoms with E-state index in [1.54, 1.807) is 0 Å². The van der Waals surface area contributed by atoms with Crippen LogP contribution in [0, 0.1) is 0 Å². The molecular weight excluding hydrogens is 222 g/mol. The molecule has 2 aromatic rings. The molecule has 2 aromatic carbocycles. The molecule has 1 aliphatic heterocycles. The minimum atomic E-state index is 0.0425. The molecule has 1 amide bonds. The highest BCUT2D eigenvalue weighted by Crippen LogP contribution is 2.28. The zero-order valence-electron chi connectivity index (χ0n) is 10.3. The maximum absolute atomic E-state index is 11.9. The summed E-state index contributed by atoms with van der Waals surface area (Å²) in [6.45, 7) is 2.87. The van der Waals surface area contributed by atoms with Gasteiger partial charge < -0.3 is 5.32 Å². The van der Waals surface area contributed by atoms with Crippen molar-refractivity contribution in [2.45, 2.75) is 12.8 Å². The molecule has 1 unspecified atom stereocenters. The quantitative estimate of drug-likeness (QED) is 0.810. The summed E-state index contributed by atoms with van der Waals surface area (Å²) in [7, 11) is 0. The molecule has 1 aliphatic rings. The lowest BCUT2D eigenvalue weighted by Gasteiger charge is -2.23. The summed E-state index contributed by atoms with van der Waals surface area (Å²) in [6, 6.07) is 16.3. The maximum Gasteiger partial charge on any atom is 0.251 e. The minimum absolute atomic E-state index is 0.0425. The van der Waals surface area contributed by atoms with Gasteiger partial charge in [0.15, 0.2) is 0 Å². The molecule has 1 atom stereocenters. The average molecular weight is 237 g/mol. The van der Waals surface area contributed by atoms with Crippen LogP contribution in [0.5, 0.6) is 0 Å². The topological polar surface area (TPSA) is 29.1 Å². The molecule has 90 valence electrons. The highest BCUT2D eigenvalue weighted by atomic mass is 16.1. The molecule has 0 aliphatic carbocycles. The summed E-state index contributed by atoms with van der Waals surface area (Å²) < 4.78 is 0. The van der Waals surface area contributed by atoms with Crippen LogP contribution >= 0.6 is 0 Å². The third-order valence-corrected chi connectivity index (χ3v) is 3.50. The van der Waals surface area contributed by atoms with Crippen LogP contribution < -0.4 is 5.32 Å². The normalized spacial score (nSPS) is 18.1. The molecule has 0 radical (unpaired) electrons. The van der Waals surface area contributed by atoms with Crippen LogP contribution in [-0.2, 0) is 0 Å². The first-order valence-corrected chi connectivity index (χ1v) is 6.23. The van der Waals surface area contributed by atoms with E-state index in [0.717, 1.165) is 28.8 Å².